The molecule has 0 saturated heterocycles. The molecular formula is C18H16Cl2O. The summed E-state index contributed by atoms with van der Waals surface area (Å²) in [5, 5.41) is 0.721. The summed E-state index contributed by atoms with van der Waals surface area (Å²) in [4.78, 5) is 0. The van der Waals surface area contributed by atoms with Crippen LogP contribution in [0.5, 0.6) is 5.75 Å². The van der Waals surface area contributed by atoms with Crippen molar-refractivity contribution in [1.82, 2.24) is 0 Å². The van der Waals surface area contributed by atoms with Crippen molar-refractivity contribution >= 4 is 23.2 Å². The van der Waals surface area contributed by atoms with Gasteiger partial charge in [0.15, 0.2) is 0 Å². The van der Waals surface area contributed by atoms with Crippen molar-refractivity contribution in [2.45, 2.75) is 20.0 Å². The standard InChI is InChI=1S/C18H16Cl2O/c1-14-12-15(6-4-5-11-19)9-10-18(14)21-13-16-7-2-3-8-17(16)20/h2-3,7-10,12H,5,11,13H2,1H3. The summed E-state index contributed by atoms with van der Waals surface area (Å²) in [6.07, 6.45) is 0.700. The molecule has 0 unspecified atom stereocenters. The van der Waals surface area contributed by atoms with E-state index in [0.717, 1.165) is 27.5 Å². The van der Waals surface area contributed by atoms with Crippen LogP contribution in [0, 0.1) is 18.8 Å². The van der Waals surface area contributed by atoms with Crippen molar-refractivity contribution in [3.05, 3.63) is 64.2 Å². The highest BCUT2D eigenvalue weighted by molar-refractivity contribution is 6.31. The normalized spacial score (nSPS) is 9.86. The topological polar surface area (TPSA) is 9.23 Å². The molecule has 108 valence electrons. The third-order valence-electron chi connectivity index (χ3n) is 2.97. The average Bonchev–Trinajstić information content (AvgIpc) is 2.48. The Bertz CT molecular complexity index is 668. The molecule has 0 radical (unpaired) electrons. The van der Waals surface area contributed by atoms with Gasteiger partial charge in [-0.1, -0.05) is 41.6 Å². The molecule has 0 aliphatic carbocycles. The van der Waals surface area contributed by atoms with E-state index in [0.29, 0.717) is 18.9 Å². The van der Waals surface area contributed by atoms with Crippen LogP contribution in [-0.4, -0.2) is 5.88 Å². The van der Waals surface area contributed by atoms with E-state index in [1.807, 2.05) is 49.4 Å². The minimum absolute atomic E-state index is 0.456. The first-order valence-corrected chi connectivity index (χ1v) is 7.63. The maximum Gasteiger partial charge on any atom is 0.122 e. The fourth-order valence-electron chi connectivity index (χ4n) is 1.87. The molecule has 0 N–H and O–H groups in total. The van der Waals surface area contributed by atoms with Crippen LogP contribution >= 0.6 is 23.2 Å². The Labute approximate surface area is 135 Å². The van der Waals surface area contributed by atoms with E-state index in [9.17, 15) is 0 Å². The maximum atomic E-state index is 6.12. The van der Waals surface area contributed by atoms with Gasteiger partial charge in [-0.2, -0.15) is 0 Å². The number of rotatable bonds is 4. The minimum Gasteiger partial charge on any atom is -0.489 e. The molecule has 0 aliphatic heterocycles. The third-order valence-corrected chi connectivity index (χ3v) is 3.53. The second-order valence-corrected chi connectivity index (χ2v) is 5.39. The van der Waals surface area contributed by atoms with Crippen molar-refractivity contribution < 1.29 is 4.74 Å². The highest BCUT2D eigenvalue weighted by atomic mass is 35.5. The number of hydrogen-bond donors (Lipinski definition) is 0. The molecule has 0 aliphatic rings. The molecule has 2 rings (SSSR count). The molecular weight excluding hydrogens is 303 g/mol. The molecule has 0 fully saturated rings. The quantitative estimate of drug-likeness (QED) is 0.555. The zero-order valence-electron chi connectivity index (χ0n) is 11.8. The number of alkyl halides is 1. The van der Waals surface area contributed by atoms with E-state index in [1.165, 1.54) is 0 Å². The fraction of sp³-hybridized carbons (Fsp3) is 0.222. The van der Waals surface area contributed by atoms with Crippen molar-refractivity contribution in [3.63, 3.8) is 0 Å². The average molecular weight is 319 g/mol. The molecule has 3 heteroatoms. The molecule has 2 aromatic rings. The van der Waals surface area contributed by atoms with Crippen LogP contribution in [0.3, 0.4) is 0 Å². The SMILES string of the molecule is Cc1cc(C#CCCCl)ccc1OCc1ccccc1Cl. The lowest BCUT2D eigenvalue weighted by atomic mass is 10.1. The lowest BCUT2D eigenvalue weighted by molar-refractivity contribution is 0.304. The zero-order chi connectivity index (χ0) is 15.1. The molecule has 0 saturated carbocycles. The van der Waals surface area contributed by atoms with Gasteiger partial charge in [0.05, 0.1) is 0 Å². The Hall–Kier alpha value is -1.62. The predicted molar refractivity (Wildman–Crippen MR) is 89.2 cm³/mol. The van der Waals surface area contributed by atoms with Gasteiger partial charge in [0.1, 0.15) is 12.4 Å². The third kappa shape index (κ3) is 4.70. The van der Waals surface area contributed by atoms with Crippen LogP contribution < -0.4 is 4.74 Å². The first-order chi connectivity index (χ1) is 10.2. The predicted octanol–water partition coefficient (Wildman–Crippen LogP) is 5.21. The molecule has 0 aromatic heterocycles. The van der Waals surface area contributed by atoms with Gasteiger partial charge >= 0.3 is 0 Å². The van der Waals surface area contributed by atoms with Crippen LogP contribution in [0.25, 0.3) is 0 Å². The summed E-state index contributed by atoms with van der Waals surface area (Å²) >= 11 is 11.7. The fourth-order valence-corrected chi connectivity index (χ4v) is 2.16. The molecule has 0 spiro atoms. The Morgan fingerprint density at radius 1 is 1.14 bits per heavy atom. The van der Waals surface area contributed by atoms with Crippen molar-refractivity contribution in [2.75, 3.05) is 5.88 Å². The summed E-state index contributed by atoms with van der Waals surface area (Å²) < 4.78 is 5.83. The molecule has 0 heterocycles. The summed E-state index contributed by atoms with van der Waals surface area (Å²) in [6, 6.07) is 13.6. The lowest BCUT2D eigenvalue weighted by Gasteiger charge is -2.10. The first-order valence-electron chi connectivity index (χ1n) is 6.72. The summed E-state index contributed by atoms with van der Waals surface area (Å²) in [5.41, 5.74) is 3.01. The number of halogens is 2. The van der Waals surface area contributed by atoms with E-state index in [-0.39, 0.29) is 0 Å². The van der Waals surface area contributed by atoms with Gasteiger partial charge in [-0.3, -0.25) is 0 Å². The second kappa shape index (κ2) is 7.98. The van der Waals surface area contributed by atoms with E-state index in [4.69, 9.17) is 27.9 Å². The van der Waals surface area contributed by atoms with Gasteiger partial charge in [0.2, 0.25) is 0 Å². The number of benzene rings is 2. The zero-order valence-corrected chi connectivity index (χ0v) is 13.3. The van der Waals surface area contributed by atoms with Crippen LogP contribution in [-0.2, 0) is 6.61 Å². The summed E-state index contributed by atoms with van der Waals surface area (Å²) in [6.45, 7) is 2.46. The number of aryl methyl sites for hydroxylation is 1. The van der Waals surface area contributed by atoms with Gasteiger partial charge in [0, 0.05) is 28.5 Å². The molecule has 21 heavy (non-hydrogen) atoms. The molecule has 1 nitrogen and oxygen atoms in total. The minimum atomic E-state index is 0.456. The van der Waals surface area contributed by atoms with Gasteiger partial charge in [-0.05, 0) is 36.8 Å². The Balaban J connectivity index is 2.05. The van der Waals surface area contributed by atoms with E-state index in [2.05, 4.69) is 11.8 Å². The number of ether oxygens (including phenoxy) is 1. The molecule has 2 aromatic carbocycles. The summed E-state index contributed by atoms with van der Waals surface area (Å²) in [5.74, 6) is 7.51. The van der Waals surface area contributed by atoms with Gasteiger partial charge < -0.3 is 4.74 Å². The number of hydrogen-bond acceptors (Lipinski definition) is 1. The molecule has 0 amide bonds. The van der Waals surface area contributed by atoms with Gasteiger partial charge in [-0.15, -0.1) is 11.6 Å². The largest absolute Gasteiger partial charge is 0.489 e. The highest BCUT2D eigenvalue weighted by Gasteiger charge is 2.03. The van der Waals surface area contributed by atoms with Gasteiger partial charge in [0.25, 0.3) is 0 Å². The maximum absolute atomic E-state index is 6.12. The van der Waals surface area contributed by atoms with E-state index in [1.54, 1.807) is 0 Å². The first kappa shape index (κ1) is 15.8. The smallest absolute Gasteiger partial charge is 0.122 e. The van der Waals surface area contributed by atoms with E-state index < -0.39 is 0 Å². The van der Waals surface area contributed by atoms with E-state index >= 15 is 0 Å². The van der Waals surface area contributed by atoms with Crippen molar-refractivity contribution in [3.8, 4) is 17.6 Å². The highest BCUT2D eigenvalue weighted by Crippen LogP contribution is 2.22. The summed E-state index contributed by atoms with van der Waals surface area (Å²) in [7, 11) is 0. The van der Waals surface area contributed by atoms with Crippen LogP contribution in [0.1, 0.15) is 23.1 Å². The van der Waals surface area contributed by atoms with Gasteiger partial charge in [-0.25, -0.2) is 0 Å². The van der Waals surface area contributed by atoms with Crippen molar-refractivity contribution in [1.29, 1.82) is 0 Å². The van der Waals surface area contributed by atoms with Crippen LogP contribution in [0.2, 0.25) is 5.02 Å². The van der Waals surface area contributed by atoms with Crippen LogP contribution in [0.4, 0.5) is 0 Å². The lowest BCUT2D eigenvalue weighted by Crippen LogP contribution is -1.98. The molecule has 0 atom stereocenters. The monoisotopic (exact) mass is 318 g/mol. The Kier molecular flexibility index (Phi) is 5.99. The van der Waals surface area contributed by atoms with Crippen LogP contribution in [0.15, 0.2) is 42.5 Å². The Morgan fingerprint density at radius 2 is 1.95 bits per heavy atom. The molecule has 0 bridgehead atoms. The van der Waals surface area contributed by atoms with Crippen molar-refractivity contribution in [2.24, 2.45) is 0 Å². The second-order valence-electron chi connectivity index (χ2n) is 4.60. The Morgan fingerprint density at radius 3 is 2.67 bits per heavy atom.